The topological polar surface area (TPSA) is 134 Å². The van der Waals surface area contributed by atoms with Gasteiger partial charge in [-0.05, 0) is 44.2 Å². The Balaban J connectivity index is 0.804. The number of carbonyl (C=O) groups excluding carboxylic acids is 2. The number of amides is 3. The van der Waals surface area contributed by atoms with E-state index in [0.29, 0.717) is 47.8 Å². The van der Waals surface area contributed by atoms with Crippen LogP contribution < -0.4 is 15.5 Å². The third-order valence-electron chi connectivity index (χ3n) is 10.4. The van der Waals surface area contributed by atoms with Crippen molar-refractivity contribution in [2.24, 2.45) is 0 Å². The summed E-state index contributed by atoms with van der Waals surface area (Å²) in [5.41, 5.74) is 3.13. The Hall–Kier alpha value is -5.22. The first-order chi connectivity index (χ1) is 24.8. The van der Waals surface area contributed by atoms with Crippen LogP contribution in [0.2, 0.25) is 0 Å². The number of carbonyl (C=O) groups is 2. The second kappa shape index (κ2) is 13.8. The molecule has 0 aliphatic carbocycles. The molecule has 51 heavy (non-hydrogen) atoms. The molecule has 3 fully saturated rings. The number of aromatic nitrogens is 7. The predicted octanol–water partition coefficient (Wildman–Crippen LogP) is 4.54. The number of urea groups is 1. The minimum atomic E-state index is -0.655. The summed E-state index contributed by atoms with van der Waals surface area (Å²) in [6.07, 6.45) is 16.6. The average molecular weight is 699 g/mol. The van der Waals surface area contributed by atoms with Gasteiger partial charge in [0, 0.05) is 88.7 Å². The number of piperidine rings is 2. The molecule has 3 aliphatic heterocycles. The highest BCUT2D eigenvalue weighted by molar-refractivity contribution is 6.05. The van der Waals surface area contributed by atoms with E-state index in [2.05, 4.69) is 40.6 Å². The SMILES string of the molecule is Cc1cc(-c2cnc(Nc3cnn(C4CCN(CCN5CCC(n6cc(N7CCC(=O)NC7=O)cn6)CC5)CC4)c3)c3nccn23)c(F)cc1F. The number of halogens is 2. The third kappa shape index (κ3) is 6.80. The van der Waals surface area contributed by atoms with Crippen molar-refractivity contribution in [3.63, 3.8) is 0 Å². The number of imide groups is 1. The molecule has 0 spiro atoms. The van der Waals surface area contributed by atoms with Crippen molar-refractivity contribution in [2.75, 3.05) is 56.0 Å². The summed E-state index contributed by atoms with van der Waals surface area (Å²) in [6.45, 7) is 8.06. The molecule has 266 valence electrons. The van der Waals surface area contributed by atoms with Gasteiger partial charge in [0.05, 0.1) is 47.7 Å². The number of aryl methyl sites for hydroxylation is 1. The van der Waals surface area contributed by atoms with Crippen molar-refractivity contribution in [3.05, 3.63) is 72.7 Å². The van der Waals surface area contributed by atoms with E-state index in [-0.39, 0.29) is 17.5 Å². The van der Waals surface area contributed by atoms with Crippen LogP contribution in [0.3, 0.4) is 0 Å². The smallest absolute Gasteiger partial charge is 0.328 e. The summed E-state index contributed by atoms with van der Waals surface area (Å²) >= 11 is 0. The van der Waals surface area contributed by atoms with Gasteiger partial charge in [-0.25, -0.2) is 23.5 Å². The Bertz CT molecular complexity index is 2060. The van der Waals surface area contributed by atoms with Crippen LogP contribution in [0.4, 0.5) is 30.8 Å². The lowest BCUT2D eigenvalue weighted by atomic mass is 10.0. The number of nitrogens with zero attached hydrogens (tertiary/aromatic N) is 10. The van der Waals surface area contributed by atoms with Crippen LogP contribution in [0.5, 0.6) is 0 Å². The van der Waals surface area contributed by atoms with Crippen molar-refractivity contribution >= 4 is 34.8 Å². The number of benzene rings is 1. The number of fused-ring (bicyclic) bond motifs is 1. The maximum absolute atomic E-state index is 14.7. The summed E-state index contributed by atoms with van der Waals surface area (Å²) < 4.78 is 34.3. The Morgan fingerprint density at radius 1 is 0.843 bits per heavy atom. The van der Waals surface area contributed by atoms with Crippen LogP contribution in [0.25, 0.3) is 16.9 Å². The van der Waals surface area contributed by atoms with E-state index in [1.807, 2.05) is 21.8 Å². The van der Waals surface area contributed by atoms with Gasteiger partial charge >= 0.3 is 6.03 Å². The van der Waals surface area contributed by atoms with Crippen molar-refractivity contribution < 1.29 is 18.4 Å². The maximum Gasteiger partial charge on any atom is 0.328 e. The van der Waals surface area contributed by atoms with Gasteiger partial charge < -0.3 is 15.1 Å². The standard InChI is InChI=1S/C35H40F2N12O2/c1-23-16-28(30(37)17-29(23)36)31-20-39-33(34-38-7-13-47(31)34)42-24-18-40-48(21-24)25-2-8-44(9-3-25)14-15-45-10-4-26(5-11-45)49-22-27(19-41-49)46-12-6-32(50)43-35(46)51/h7,13,16-22,25-26H,2-6,8-12,14-15H2,1H3,(H,39,42)(H,43,50,51). The molecule has 0 radical (unpaired) electrons. The first kappa shape index (κ1) is 33.0. The maximum atomic E-state index is 14.7. The van der Waals surface area contributed by atoms with Crippen LogP contribution in [-0.2, 0) is 4.79 Å². The lowest BCUT2D eigenvalue weighted by Crippen LogP contribution is -2.49. The molecule has 3 amide bonds. The molecule has 2 N–H and O–H groups in total. The Morgan fingerprint density at radius 2 is 1.53 bits per heavy atom. The van der Waals surface area contributed by atoms with E-state index in [1.54, 1.807) is 47.2 Å². The monoisotopic (exact) mass is 698 g/mol. The number of hydrogen-bond acceptors (Lipinski definition) is 9. The quantitative estimate of drug-likeness (QED) is 0.228. The molecule has 16 heteroatoms. The lowest BCUT2D eigenvalue weighted by Gasteiger charge is -2.36. The third-order valence-corrected chi connectivity index (χ3v) is 10.4. The number of likely N-dealkylation sites (tertiary alicyclic amines) is 2. The fraction of sp³-hybridized carbons (Fsp3) is 0.429. The molecule has 0 bridgehead atoms. The van der Waals surface area contributed by atoms with Crippen LogP contribution >= 0.6 is 0 Å². The fourth-order valence-electron chi connectivity index (χ4n) is 7.37. The highest BCUT2D eigenvalue weighted by Gasteiger charge is 2.28. The van der Waals surface area contributed by atoms with Crippen LogP contribution in [0.15, 0.2) is 55.5 Å². The van der Waals surface area contributed by atoms with Crippen LogP contribution in [0.1, 0.15) is 49.8 Å². The zero-order chi connectivity index (χ0) is 35.1. The summed E-state index contributed by atoms with van der Waals surface area (Å²) in [6, 6.07) is 2.59. The Morgan fingerprint density at radius 3 is 2.24 bits per heavy atom. The molecule has 1 aromatic carbocycles. The van der Waals surface area contributed by atoms with Crippen LogP contribution in [-0.4, -0.2) is 101 Å². The molecule has 0 atom stereocenters. The minimum absolute atomic E-state index is 0.239. The summed E-state index contributed by atoms with van der Waals surface area (Å²) in [5, 5.41) is 14.9. The van der Waals surface area contributed by atoms with Gasteiger partial charge in [0.2, 0.25) is 5.91 Å². The van der Waals surface area contributed by atoms with E-state index >= 15 is 0 Å². The summed E-state index contributed by atoms with van der Waals surface area (Å²) in [5.74, 6) is -0.967. The van der Waals surface area contributed by atoms with Crippen molar-refractivity contribution in [1.82, 2.24) is 49.0 Å². The van der Waals surface area contributed by atoms with Gasteiger partial charge in [-0.1, -0.05) is 0 Å². The molecule has 3 saturated heterocycles. The van der Waals surface area contributed by atoms with Crippen molar-refractivity contribution in [2.45, 2.75) is 51.1 Å². The van der Waals surface area contributed by atoms with E-state index in [4.69, 9.17) is 0 Å². The van der Waals surface area contributed by atoms with Gasteiger partial charge in [0.15, 0.2) is 11.5 Å². The molecule has 3 aliphatic rings. The number of nitrogens with one attached hydrogen (secondary N) is 2. The van der Waals surface area contributed by atoms with Crippen molar-refractivity contribution in [3.8, 4) is 11.3 Å². The number of hydrogen-bond donors (Lipinski definition) is 2. The van der Waals surface area contributed by atoms with E-state index in [1.165, 1.54) is 6.07 Å². The highest BCUT2D eigenvalue weighted by atomic mass is 19.1. The Kier molecular flexibility index (Phi) is 8.94. The molecular weight excluding hydrogens is 658 g/mol. The molecule has 8 rings (SSSR count). The summed E-state index contributed by atoms with van der Waals surface area (Å²) in [4.78, 5) is 39.3. The van der Waals surface area contributed by atoms with E-state index < -0.39 is 11.6 Å². The minimum Gasteiger partial charge on any atom is -0.335 e. The van der Waals surface area contributed by atoms with Gasteiger partial charge in [-0.15, -0.1) is 0 Å². The predicted molar refractivity (Wildman–Crippen MR) is 186 cm³/mol. The normalized spacial score (nSPS) is 18.5. The molecular formula is C35H40F2N12O2. The van der Waals surface area contributed by atoms with Gasteiger partial charge in [-0.3, -0.25) is 28.8 Å². The molecule has 0 unspecified atom stereocenters. The van der Waals surface area contributed by atoms with Gasteiger partial charge in [-0.2, -0.15) is 10.2 Å². The van der Waals surface area contributed by atoms with Gasteiger partial charge in [0.1, 0.15) is 11.6 Å². The lowest BCUT2D eigenvalue weighted by molar-refractivity contribution is -0.120. The molecule has 14 nitrogen and oxygen atoms in total. The number of anilines is 3. The average Bonchev–Trinajstić information content (AvgIpc) is 3.92. The largest absolute Gasteiger partial charge is 0.335 e. The fourth-order valence-corrected chi connectivity index (χ4v) is 7.37. The molecule has 0 saturated carbocycles. The molecule has 7 heterocycles. The zero-order valence-electron chi connectivity index (χ0n) is 28.4. The second-order valence-electron chi connectivity index (χ2n) is 13.6. The van der Waals surface area contributed by atoms with Gasteiger partial charge in [0.25, 0.3) is 0 Å². The zero-order valence-corrected chi connectivity index (χ0v) is 28.4. The second-order valence-corrected chi connectivity index (χ2v) is 13.6. The number of imidazole rings is 1. The first-order valence-corrected chi connectivity index (χ1v) is 17.5. The summed E-state index contributed by atoms with van der Waals surface area (Å²) in [7, 11) is 0. The first-order valence-electron chi connectivity index (χ1n) is 17.5. The van der Waals surface area contributed by atoms with Crippen LogP contribution in [0, 0.1) is 18.6 Å². The highest BCUT2D eigenvalue weighted by Crippen LogP contribution is 2.30. The molecule has 4 aromatic heterocycles. The van der Waals surface area contributed by atoms with Crippen molar-refractivity contribution in [1.29, 1.82) is 0 Å². The Labute approximate surface area is 293 Å². The number of rotatable bonds is 9. The molecule has 5 aromatic rings. The van der Waals surface area contributed by atoms with E-state index in [0.717, 1.165) is 82.4 Å². The van der Waals surface area contributed by atoms with E-state index in [9.17, 15) is 18.4 Å².